The van der Waals surface area contributed by atoms with Crippen molar-refractivity contribution in [2.75, 3.05) is 13.7 Å². The summed E-state index contributed by atoms with van der Waals surface area (Å²) >= 11 is 5.94. The van der Waals surface area contributed by atoms with Crippen molar-refractivity contribution in [3.8, 4) is 11.8 Å². The number of rotatable bonds is 5. The van der Waals surface area contributed by atoms with E-state index in [0.717, 1.165) is 0 Å². The van der Waals surface area contributed by atoms with Crippen molar-refractivity contribution < 1.29 is 13.9 Å². The van der Waals surface area contributed by atoms with Gasteiger partial charge in [0.15, 0.2) is 6.61 Å². The fourth-order valence-corrected chi connectivity index (χ4v) is 2.14. The van der Waals surface area contributed by atoms with E-state index >= 15 is 0 Å². The van der Waals surface area contributed by atoms with Gasteiger partial charge in [0.1, 0.15) is 11.6 Å². The highest BCUT2D eigenvalue weighted by molar-refractivity contribution is 6.31. The maximum Gasteiger partial charge on any atom is 0.260 e. The van der Waals surface area contributed by atoms with Gasteiger partial charge in [-0.15, -0.1) is 0 Å². The molecule has 0 aliphatic heterocycles. The number of hydrogen-bond acceptors (Lipinski definition) is 3. The molecule has 0 aliphatic rings. The number of halogens is 2. The standard InChI is InChI=1S/C17H14ClFN2O2/c1-21(10-14-15(18)6-3-7-16(14)19)17(22)11-23-13-5-2-4-12(8-13)9-20/h2-8H,10-11H2,1H3. The molecule has 4 nitrogen and oxygen atoms in total. The van der Waals surface area contributed by atoms with Gasteiger partial charge in [-0.3, -0.25) is 4.79 Å². The fraction of sp³-hybridized carbons (Fsp3) is 0.176. The van der Waals surface area contributed by atoms with Crippen molar-refractivity contribution in [1.29, 1.82) is 5.26 Å². The average Bonchev–Trinajstić information content (AvgIpc) is 2.56. The Kier molecular flexibility index (Phi) is 5.56. The van der Waals surface area contributed by atoms with Crippen LogP contribution in [0.15, 0.2) is 42.5 Å². The molecule has 0 fully saturated rings. The van der Waals surface area contributed by atoms with Gasteiger partial charge in [0.05, 0.1) is 11.6 Å². The van der Waals surface area contributed by atoms with Gasteiger partial charge >= 0.3 is 0 Å². The lowest BCUT2D eigenvalue weighted by molar-refractivity contribution is -0.132. The molecule has 1 amide bonds. The minimum absolute atomic E-state index is 0.0476. The number of hydrogen-bond donors (Lipinski definition) is 0. The molecule has 0 radical (unpaired) electrons. The topological polar surface area (TPSA) is 53.3 Å². The van der Waals surface area contributed by atoms with Gasteiger partial charge in [0.2, 0.25) is 0 Å². The van der Waals surface area contributed by atoms with Crippen LogP contribution in [0.3, 0.4) is 0 Å². The third-order valence-electron chi connectivity index (χ3n) is 3.21. The summed E-state index contributed by atoms with van der Waals surface area (Å²) in [7, 11) is 1.54. The Morgan fingerprint density at radius 3 is 2.78 bits per heavy atom. The lowest BCUT2D eigenvalue weighted by Crippen LogP contribution is -2.31. The van der Waals surface area contributed by atoms with Crippen molar-refractivity contribution in [2.45, 2.75) is 6.54 Å². The summed E-state index contributed by atoms with van der Waals surface area (Å²) in [4.78, 5) is 13.4. The first-order valence-electron chi connectivity index (χ1n) is 6.81. The molecular weight excluding hydrogens is 319 g/mol. The first-order valence-corrected chi connectivity index (χ1v) is 7.19. The first kappa shape index (κ1) is 16.8. The molecular formula is C17H14ClFN2O2. The molecule has 23 heavy (non-hydrogen) atoms. The van der Waals surface area contributed by atoms with E-state index in [-0.39, 0.29) is 29.6 Å². The van der Waals surface area contributed by atoms with Crippen molar-refractivity contribution in [1.82, 2.24) is 4.90 Å². The van der Waals surface area contributed by atoms with Crippen LogP contribution in [0.4, 0.5) is 4.39 Å². The summed E-state index contributed by atoms with van der Waals surface area (Å²) in [6, 6.07) is 12.9. The molecule has 0 aliphatic carbocycles. The van der Waals surface area contributed by atoms with Crippen molar-refractivity contribution in [2.24, 2.45) is 0 Å². The number of benzene rings is 2. The zero-order chi connectivity index (χ0) is 16.8. The summed E-state index contributed by atoms with van der Waals surface area (Å²) in [6.45, 7) is -0.163. The summed E-state index contributed by atoms with van der Waals surface area (Å²) in [6.07, 6.45) is 0. The largest absolute Gasteiger partial charge is 0.484 e. The Labute approximate surface area is 138 Å². The van der Waals surface area contributed by atoms with E-state index in [2.05, 4.69) is 0 Å². The van der Waals surface area contributed by atoms with Gasteiger partial charge in [0, 0.05) is 24.2 Å². The van der Waals surface area contributed by atoms with Crippen molar-refractivity contribution in [3.63, 3.8) is 0 Å². The van der Waals surface area contributed by atoms with E-state index in [1.54, 1.807) is 37.4 Å². The highest BCUT2D eigenvalue weighted by Crippen LogP contribution is 2.20. The molecule has 0 atom stereocenters. The van der Waals surface area contributed by atoms with Gasteiger partial charge in [-0.1, -0.05) is 23.7 Å². The van der Waals surface area contributed by atoms with E-state index in [0.29, 0.717) is 11.3 Å². The fourth-order valence-electron chi connectivity index (χ4n) is 1.92. The molecule has 2 aromatic rings. The van der Waals surface area contributed by atoms with E-state index in [1.165, 1.54) is 17.0 Å². The zero-order valence-electron chi connectivity index (χ0n) is 12.4. The third kappa shape index (κ3) is 4.44. The van der Waals surface area contributed by atoms with Crippen LogP contribution in [-0.2, 0) is 11.3 Å². The quantitative estimate of drug-likeness (QED) is 0.843. The lowest BCUT2D eigenvalue weighted by Gasteiger charge is -2.18. The van der Waals surface area contributed by atoms with Crippen LogP contribution in [-0.4, -0.2) is 24.5 Å². The van der Waals surface area contributed by atoms with E-state index < -0.39 is 5.82 Å². The summed E-state index contributed by atoms with van der Waals surface area (Å²) in [5.74, 6) is -0.360. The molecule has 0 aromatic heterocycles. The van der Waals surface area contributed by atoms with Crippen molar-refractivity contribution >= 4 is 17.5 Å². The number of nitrogens with zero attached hydrogens (tertiary/aromatic N) is 2. The first-order chi connectivity index (χ1) is 11.0. The molecule has 0 N–H and O–H groups in total. The van der Waals surface area contributed by atoms with Crippen LogP contribution in [0.1, 0.15) is 11.1 Å². The van der Waals surface area contributed by atoms with Gasteiger partial charge < -0.3 is 9.64 Å². The molecule has 0 heterocycles. The van der Waals surface area contributed by atoms with Crippen LogP contribution in [0, 0.1) is 17.1 Å². The Hall–Kier alpha value is -2.58. The molecule has 0 saturated heterocycles. The molecule has 118 valence electrons. The Morgan fingerprint density at radius 1 is 1.35 bits per heavy atom. The molecule has 0 bridgehead atoms. The normalized spacial score (nSPS) is 10.0. The molecule has 0 spiro atoms. The lowest BCUT2D eigenvalue weighted by atomic mass is 10.2. The smallest absolute Gasteiger partial charge is 0.260 e. The Bertz CT molecular complexity index is 738. The van der Waals surface area contributed by atoms with Crippen LogP contribution >= 0.6 is 11.6 Å². The second-order valence-electron chi connectivity index (χ2n) is 4.88. The summed E-state index contributed by atoms with van der Waals surface area (Å²) < 4.78 is 19.1. The molecule has 6 heteroatoms. The second kappa shape index (κ2) is 7.61. The SMILES string of the molecule is CN(Cc1c(F)cccc1Cl)C(=O)COc1cccc(C#N)c1. The van der Waals surface area contributed by atoms with E-state index in [4.69, 9.17) is 21.6 Å². The number of likely N-dealkylation sites (N-methyl/N-ethyl adjacent to an activating group) is 1. The maximum absolute atomic E-state index is 13.7. The minimum atomic E-state index is -0.459. The highest BCUT2D eigenvalue weighted by Gasteiger charge is 2.14. The van der Waals surface area contributed by atoms with Gasteiger partial charge in [0.25, 0.3) is 5.91 Å². The monoisotopic (exact) mass is 332 g/mol. The second-order valence-corrected chi connectivity index (χ2v) is 5.29. The van der Waals surface area contributed by atoms with Crippen LogP contribution in [0.5, 0.6) is 5.75 Å². The van der Waals surface area contributed by atoms with Crippen LogP contribution in [0.2, 0.25) is 5.02 Å². The molecule has 2 aromatic carbocycles. The molecule has 2 rings (SSSR count). The molecule has 0 unspecified atom stereocenters. The number of ether oxygens (including phenoxy) is 1. The number of carbonyl (C=O) groups is 1. The summed E-state index contributed by atoms with van der Waals surface area (Å²) in [5, 5.41) is 9.09. The van der Waals surface area contributed by atoms with Crippen molar-refractivity contribution in [3.05, 3.63) is 64.4 Å². The predicted molar refractivity (Wildman–Crippen MR) is 84.5 cm³/mol. The Morgan fingerprint density at radius 2 is 2.09 bits per heavy atom. The van der Waals surface area contributed by atoms with Crippen LogP contribution in [0.25, 0.3) is 0 Å². The highest BCUT2D eigenvalue weighted by atomic mass is 35.5. The number of carbonyl (C=O) groups excluding carboxylic acids is 1. The van der Waals surface area contributed by atoms with Gasteiger partial charge in [-0.25, -0.2) is 4.39 Å². The van der Waals surface area contributed by atoms with E-state index in [1.807, 2.05) is 6.07 Å². The third-order valence-corrected chi connectivity index (χ3v) is 3.56. The number of nitriles is 1. The Balaban J connectivity index is 1.96. The zero-order valence-corrected chi connectivity index (χ0v) is 13.2. The predicted octanol–water partition coefficient (Wildman–Crippen LogP) is 3.39. The summed E-state index contributed by atoms with van der Waals surface area (Å²) in [5.41, 5.74) is 0.706. The minimum Gasteiger partial charge on any atom is -0.484 e. The van der Waals surface area contributed by atoms with Gasteiger partial charge in [-0.2, -0.15) is 5.26 Å². The molecule has 0 saturated carbocycles. The van der Waals surface area contributed by atoms with Crippen LogP contribution < -0.4 is 4.74 Å². The van der Waals surface area contributed by atoms with Gasteiger partial charge in [-0.05, 0) is 30.3 Å². The number of amides is 1. The van der Waals surface area contributed by atoms with E-state index in [9.17, 15) is 9.18 Å². The average molecular weight is 333 g/mol. The maximum atomic E-state index is 13.7.